The van der Waals surface area contributed by atoms with Gasteiger partial charge in [0.15, 0.2) is 0 Å². The van der Waals surface area contributed by atoms with Crippen LogP contribution in [-0.4, -0.2) is 29.6 Å². The molecule has 2 atom stereocenters. The third-order valence-electron chi connectivity index (χ3n) is 2.14. The fourth-order valence-electron chi connectivity index (χ4n) is 1.27. The van der Waals surface area contributed by atoms with Crippen LogP contribution in [0.4, 0.5) is 0 Å². The molecule has 0 radical (unpaired) electrons. The van der Waals surface area contributed by atoms with E-state index in [1.807, 2.05) is 13.8 Å². The molecule has 5 heteroatoms. The van der Waals surface area contributed by atoms with Crippen LogP contribution in [0, 0.1) is 11.8 Å². The van der Waals surface area contributed by atoms with Gasteiger partial charge in [-0.1, -0.05) is 13.8 Å². The average Bonchev–Trinajstić information content (AvgIpc) is 2.13. The van der Waals surface area contributed by atoms with Gasteiger partial charge in [-0.25, -0.2) is 0 Å². The number of hydrogen-bond donors (Lipinski definition) is 3. The summed E-state index contributed by atoms with van der Waals surface area (Å²) in [7, 11) is 0. The van der Waals surface area contributed by atoms with Gasteiger partial charge in [0.2, 0.25) is 5.91 Å². The molecule has 88 valence electrons. The Labute approximate surface area is 90.0 Å². The van der Waals surface area contributed by atoms with Crippen molar-refractivity contribution in [2.24, 2.45) is 17.6 Å². The minimum Gasteiger partial charge on any atom is -0.480 e. The summed E-state index contributed by atoms with van der Waals surface area (Å²) in [5, 5.41) is 11.0. The third-order valence-corrected chi connectivity index (χ3v) is 2.14. The van der Waals surface area contributed by atoms with E-state index >= 15 is 0 Å². The first-order valence-electron chi connectivity index (χ1n) is 5.11. The predicted octanol–water partition coefficient (Wildman–Crippen LogP) is 0.197. The number of amides is 1. The normalized spacial score (nSPS) is 14.7. The third kappa shape index (κ3) is 5.37. The average molecular weight is 216 g/mol. The van der Waals surface area contributed by atoms with Crippen molar-refractivity contribution in [3.8, 4) is 0 Å². The molecule has 0 heterocycles. The first kappa shape index (κ1) is 13.9. The molecule has 1 amide bonds. The van der Waals surface area contributed by atoms with Crippen molar-refractivity contribution in [3.63, 3.8) is 0 Å². The van der Waals surface area contributed by atoms with Gasteiger partial charge in [-0.2, -0.15) is 0 Å². The molecule has 0 saturated heterocycles. The van der Waals surface area contributed by atoms with Crippen LogP contribution < -0.4 is 11.1 Å². The van der Waals surface area contributed by atoms with Crippen LogP contribution in [0.5, 0.6) is 0 Å². The van der Waals surface area contributed by atoms with E-state index in [1.54, 1.807) is 0 Å². The smallest absolute Gasteiger partial charge is 0.325 e. The lowest BCUT2D eigenvalue weighted by atomic mass is 9.96. The van der Waals surface area contributed by atoms with Gasteiger partial charge in [-0.05, 0) is 19.3 Å². The number of nitrogens with two attached hydrogens (primary N) is 1. The van der Waals surface area contributed by atoms with Gasteiger partial charge in [0, 0.05) is 6.54 Å². The zero-order chi connectivity index (χ0) is 12.0. The maximum atomic E-state index is 11.6. The first-order chi connectivity index (χ1) is 6.88. The van der Waals surface area contributed by atoms with E-state index < -0.39 is 12.0 Å². The summed E-state index contributed by atoms with van der Waals surface area (Å²) in [5.74, 6) is -1.25. The second-order valence-corrected chi connectivity index (χ2v) is 4.13. The molecule has 4 N–H and O–H groups in total. The zero-order valence-electron chi connectivity index (χ0n) is 9.49. The van der Waals surface area contributed by atoms with Gasteiger partial charge in [-0.3, -0.25) is 9.59 Å². The number of nitrogens with one attached hydrogen (secondary N) is 1. The van der Waals surface area contributed by atoms with E-state index in [4.69, 9.17) is 10.8 Å². The van der Waals surface area contributed by atoms with Crippen LogP contribution in [0.25, 0.3) is 0 Å². The van der Waals surface area contributed by atoms with Crippen LogP contribution in [0.15, 0.2) is 0 Å². The highest BCUT2D eigenvalue weighted by Gasteiger charge is 2.21. The second-order valence-electron chi connectivity index (χ2n) is 4.13. The highest BCUT2D eigenvalue weighted by atomic mass is 16.4. The van der Waals surface area contributed by atoms with Crippen LogP contribution in [0.1, 0.15) is 27.2 Å². The maximum absolute atomic E-state index is 11.6. The summed E-state index contributed by atoms with van der Waals surface area (Å²) in [6, 6.07) is -0.862. The van der Waals surface area contributed by atoms with Crippen molar-refractivity contribution in [2.45, 2.75) is 33.2 Å². The molecule has 0 bridgehead atoms. The number of rotatable bonds is 6. The van der Waals surface area contributed by atoms with Gasteiger partial charge in [0.05, 0.1) is 5.92 Å². The highest BCUT2D eigenvalue weighted by molar-refractivity contribution is 5.84. The Morgan fingerprint density at radius 3 is 2.20 bits per heavy atom. The SMILES string of the molecule is CC(C)CC(CN)C(=O)NC(C)C(=O)O. The van der Waals surface area contributed by atoms with Crippen LogP contribution in [-0.2, 0) is 9.59 Å². The van der Waals surface area contributed by atoms with Gasteiger partial charge in [0.25, 0.3) is 0 Å². The van der Waals surface area contributed by atoms with Crippen molar-refractivity contribution in [2.75, 3.05) is 6.54 Å². The summed E-state index contributed by atoms with van der Waals surface area (Å²) in [4.78, 5) is 22.1. The number of carbonyl (C=O) groups is 2. The van der Waals surface area contributed by atoms with E-state index in [0.717, 1.165) is 0 Å². The largest absolute Gasteiger partial charge is 0.480 e. The maximum Gasteiger partial charge on any atom is 0.325 e. The lowest BCUT2D eigenvalue weighted by Crippen LogP contribution is -2.43. The Balaban J connectivity index is 4.21. The lowest BCUT2D eigenvalue weighted by molar-refractivity contribution is -0.141. The van der Waals surface area contributed by atoms with Crippen molar-refractivity contribution >= 4 is 11.9 Å². The number of hydrogen-bond acceptors (Lipinski definition) is 3. The molecule has 0 aromatic rings. The van der Waals surface area contributed by atoms with Crippen LogP contribution in [0.2, 0.25) is 0 Å². The summed E-state index contributed by atoms with van der Waals surface area (Å²) >= 11 is 0. The summed E-state index contributed by atoms with van der Waals surface area (Å²) in [6.07, 6.45) is 0.675. The molecule has 0 aliphatic rings. The molecule has 0 aromatic carbocycles. The van der Waals surface area contributed by atoms with Crippen molar-refractivity contribution in [3.05, 3.63) is 0 Å². The fraction of sp³-hybridized carbons (Fsp3) is 0.800. The molecule has 0 fully saturated rings. The van der Waals surface area contributed by atoms with E-state index in [1.165, 1.54) is 6.92 Å². The van der Waals surface area contributed by atoms with Crippen LogP contribution in [0.3, 0.4) is 0 Å². The highest BCUT2D eigenvalue weighted by Crippen LogP contribution is 2.10. The molecule has 0 aromatic heterocycles. The molecule has 0 spiro atoms. The summed E-state index contributed by atoms with van der Waals surface area (Å²) in [6.45, 7) is 5.67. The standard InChI is InChI=1S/C10H20N2O3/c1-6(2)4-8(5-11)9(13)12-7(3)10(14)15/h6-8H,4-5,11H2,1-3H3,(H,12,13)(H,14,15). The molecule has 0 rings (SSSR count). The monoisotopic (exact) mass is 216 g/mol. The van der Waals surface area contributed by atoms with Crippen molar-refractivity contribution < 1.29 is 14.7 Å². The minimum absolute atomic E-state index is 0.246. The van der Waals surface area contributed by atoms with Crippen molar-refractivity contribution in [1.29, 1.82) is 0 Å². The first-order valence-corrected chi connectivity index (χ1v) is 5.11. The zero-order valence-corrected chi connectivity index (χ0v) is 9.49. The van der Waals surface area contributed by atoms with Crippen molar-refractivity contribution in [1.82, 2.24) is 5.32 Å². The molecular formula is C10H20N2O3. The van der Waals surface area contributed by atoms with Gasteiger partial charge < -0.3 is 16.2 Å². The molecular weight excluding hydrogens is 196 g/mol. The van der Waals surface area contributed by atoms with E-state index in [2.05, 4.69) is 5.32 Å². The number of carboxylic acid groups (broad SMARTS) is 1. The van der Waals surface area contributed by atoms with E-state index in [-0.39, 0.29) is 18.4 Å². The number of aliphatic carboxylic acids is 1. The molecule has 2 unspecified atom stereocenters. The Hall–Kier alpha value is -1.10. The predicted molar refractivity (Wildman–Crippen MR) is 57.2 cm³/mol. The Kier molecular flexibility index (Phi) is 5.93. The quantitative estimate of drug-likeness (QED) is 0.591. The number of carboxylic acids is 1. The lowest BCUT2D eigenvalue weighted by Gasteiger charge is -2.18. The van der Waals surface area contributed by atoms with E-state index in [0.29, 0.717) is 12.3 Å². The molecule has 0 saturated carbocycles. The summed E-state index contributed by atoms with van der Waals surface area (Å²) < 4.78 is 0. The second kappa shape index (κ2) is 6.40. The Morgan fingerprint density at radius 1 is 1.33 bits per heavy atom. The Bertz CT molecular complexity index is 229. The van der Waals surface area contributed by atoms with Gasteiger partial charge >= 0.3 is 5.97 Å². The fourth-order valence-corrected chi connectivity index (χ4v) is 1.27. The van der Waals surface area contributed by atoms with E-state index in [9.17, 15) is 9.59 Å². The molecule has 5 nitrogen and oxygen atoms in total. The van der Waals surface area contributed by atoms with Crippen LogP contribution >= 0.6 is 0 Å². The molecule has 0 aliphatic carbocycles. The van der Waals surface area contributed by atoms with Gasteiger partial charge in [-0.15, -0.1) is 0 Å². The minimum atomic E-state index is -1.04. The topological polar surface area (TPSA) is 92.4 Å². The molecule has 0 aliphatic heterocycles. The van der Waals surface area contributed by atoms with Gasteiger partial charge in [0.1, 0.15) is 6.04 Å². The summed E-state index contributed by atoms with van der Waals surface area (Å²) in [5.41, 5.74) is 5.47. The Morgan fingerprint density at radius 2 is 1.87 bits per heavy atom. The number of carbonyl (C=O) groups excluding carboxylic acids is 1. The molecule has 15 heavy (non-hydrogen) atoms.